The van der Waals surface area contributed by atoms with Crippen molar-refractivity contribution in [1.29, 1.82) is 0 Å². The van der Waals surface area contributed by atoms with Crippen molar-refractivity contribution in [1.82, 2.24) is 9.88 Å². The third kappa shape index (κ3) is 5.29. The zero-order chi connectivity index (χ0) is 26.4. The predicted octanol–water partition coefficient (Wildman–Crippen LogP) is 5.68. The standard InChI is InChI=1S/C25H28ClF5N4O/c1-14-9-16(25(29,30)31)11-22(32-14)35-17-6-5-15(10-17)23(35)24(36)34(8-4-7-33(2)3)21-12-18(26)19(27)13-20(21)28/h9,11-13,15,17,23H,4-8,10H2,1-3H3/t15-,17+,23-/m0/s1. The first kappa shape index (κ1) is 26.6. The lowest BCUT2D eigenvalue weighted by atomic mass is 9.96. The fourth-order valence-corrected chi connectivity index (χ4v) is 5.51. The molecule has 11 heteroatoms. The molecule has 0 N–H and O–H groups in total. The van der Waals surface area contributed by atoms with Crippen molar-refractivity contribution in [3.63, 3.8) is 0 Å². The molecule has 2 bridgehead atoms. The maximum Gasteiger partial charge on any atom is 0.416 e. The fraction of sp³-hybridized carbons (Fsp3) is 0.520. The summed E-state index contributed by atoms with van der Waals surface area (Å²) in [4.78, 5) is 23.2. The fourth-order valence-electron chi connectivity index (χ4n) is 5.36. The Bertz CT molecular complexity index is 1140. The van der Waals surface area contributed by atoms with Crippen molar-refractivity contribution in [2.75, 3.05) is 37.0 Å². The highest BCUT2D eigenvalue weighted by Gasteiger charge is 2.51. The van der Waals surface area contributed by atoms with Crippen molar-refractivity contribution >= 4 is 29.0 Å². The van der Waals surface area contributed by atoms with Crippen LogP contribution in [0.5, 0.6) is 0 Å². The molecule has 1 aliphatic heterocycles. The highest BCUT2D eigenvalue weighted by atomic mass is 35.5. The normalized spacial score (nSPS) is 21.5. The van der Waals surface area contributed by atoms with Gasteiger partial charge in [-0.2, -0.15) is 13.2 Å². The summed E-state index contributed by atoms with van der Waals surface area (Å²) in [6.45, 7) is 2.22. The number of aromatic nitrogens is 1. The molecule has 36 heavy (non-hydrogen) atoms. The second-order valence-electron chi connectivity index (χ2n) is 9.80. The molecule has 0 unspecified atom stereocenters. The largest absolute Gasteiger partial charge is 0.416 e. The van der Waals surface area contributed by atoms with Gasteiger partial charge in [-0.25, -0.2) is 13.8 Å². The smallest absolute Gasteiger partial charge is 0.341 e. The van der Waals surface area contributed by atoms with Crippen LogP contribution in [0.25, 0.3) is 0 Å². The van der Waals surface area contributed by atoms with Crippen LogP contribution in [0.1, 0.15) is 36.9 Å². The van der Waals surface area contributed by atoms with Gasteiger partial charge in [0.2, 0.25) is 5.91 Å². The molecular weight excluding hydrogens is 503 g/mol. The minimum absolute atomic E-state index is 0.0822. The Balaban J connectivity index is 1.74. The van der Waals surface area contributed by atoms with Crippen LogP contribution < -0.4 is 9.80 Å². The van der Waals surface area contributed by atoms with Crippen molar-refractivity contribution < 1.29 is 26.7 Å². The quantitative estimate of drug-likeness (QED) is 0.341. The molecule has 4 rings (SSSR count). The molecule has 2 heterocycles. The van der Waals surface area contributed by atoms with E-state index in [1.54, 1.807) is 4.90 Å². The van der Waals surface area contributed by atoms with Crippen LogP contribution in [0.3, 0.4) is 0 Å². The lowest BCUT2D eigenvalue weighted by Gasteiger charge is -2.38. The van der Waals surface area contributed by atoms with E-state index in [0.717, 1.165) is 31.0 Å². The van der Waals surface area contributed by atoms with Crippen molar-refractivity contribution in [2.45, 2.75) is 50.9 Å². The average Bonchev–Trinajstić information content (AvgIpc) is 3.40. The van der Waals surface area contributed by atoms with Crippen molar-refractivity contribution in [3.8, 4) is 0 Å². The second-order valence-corrected chi connectivity index (χ2v) is 10.2. The maximum atomic E-state index is 14.9. The van der Waals surface area contributed by atoms with Gasteiger partial charge in [-0.3, -0.25) is 4.79 Å². The number of halogens is 6. The number of hydrogen-bond acceptors (Lipinski definition) is 4. The number of fused-ring (bicyclic) bond motifs is 2. The van der Waals surface area contributed by atoms with Gasteiger partial charge in [0.05, 0.1) is 16.3 Å². The number of aryl methyl sites for hydroxylation is 1. The van der Waals surface area contributed by atoms with E-state index in [0.29, 0.717) is 25.5 Å². The molecule has 2 aromatic rings. The summed E-state index contributed by atoms with van der Waals surface area (Å²) in [5.41, 5.74) is -0.799. The molecule has 1 aromatic heterocycles. The number of nitrogens with zero attached hydrogens (tertiary/aromatic N) is 4. The maximum absolute atomic E-state index is 14.9. The first-order valence-electron chi connectivity index (χ1n) is 11.8. The highest BCUT2D eigenvalue weighted by Crippen LogP contribution is 2.46. The highest BCUT2D eigenvalue weighted by molar-refractivity contribution is 6.31. The van der Waals surface area contributed by atoms with Crippen LogP contribution in [-0.4, -0.2) is 55.1 Å². The van der Waals surface area contributed by atoms with Gasteiger partial charge in [0.1, 0.15) is 23.5 Å². The van der Waals surface area contributed by atoms with Crippen LogP contribution in [0.2, 0.25) is 5.02 Å². The number of pyridine rings is 1. The van der Waals surface area contributed by atoms with Crippen molar-refractivity contribution in [2.24, 2.45) is 5.92 Å². The number of anilines is 2. The van der Waals surface area contributed by atoms with Crippen LogP contribution >= 0.6 is 11.6 Å². The predicted molar refractivity (Wildman–Crippen MR) is 128 cm³/mol. The van der Waals surface area contributed by atoms with Gasteiger partial charge in [0.25, 0.3) is 0 Å². The Labute approximate surface area is 211 Å². The van der Waals surface area contributed by atoms with E-state index >= 15 is 0 Å². The van der Waals surface area contributed by atoms with Gasteiger partial charge in [-0.15, -0.1) is 0 Å². The van der Waals surface area contributed by atoms with Gasteiger partial charge >= 0.3 is 6.18 Å². The second kappa shape index (κ2) is 10.1. The number of piperidine rings is 1. The minimum atomic E-state index is -4.56. The average molecular weight is 531 g/mol. The van der Waals surface area contributed by atoms with Gasteiger partial charge in [0, 0.05) is 24.3 Å². The van der Waals surface area contributed by atoms with Crippen LogP contribution in [0, 0.1) is 24.5 Å². The molecule has 2 aliphatic rings. The van der Waals surface area contributed by atoms with E-state index in [-0.39, 0.29) is 40.7 Å². The van der Waals surface area contributed by atoms with Crippen LogP contribution in [0.15, 0.2) is 24.3 Å². The first-order valence-corrected chi connectivity index (χ1v) is 12.2. The molecule has 1 amide bonds. The molecule has 5 nitrogen and oxygen atoms in total. The summed E-state index contributed by atoms with van der Waals surface area (Å²) in [5.74, 6) is -2.37. The number of hydrogen-bond donors (Lipinski definition) is 0. The zero-order valence-electron chi connectivity index (χ0n) is 20.2. The summed E-state index contributed by atoms with van der Waals surface area (Å²) in [6.07, 6.45) is -1.98. The van der Waals surface area contributed by atoms with E-state index in [2.05, 4.69) is 4.98 Å². The number of amides is 1. The lowest BCUT2D eigenvalue weighted by Crippen LogP contribution is -2.53. The van der Waals surface area contributed by atoms with Gasteiger partial charge in [-0.1, -0.05) is 11.6 Å². The van der Waals surface area contributed by atoms with Crippen LogP contribution in [0.4, 0.5) is 33.5 Å². The van der Waals surface area contributed by atoms with E-state index in [1.807, 2.05) is 19.0 Å². The molecule has 0 radical (unpaired) electrons. The molecule has 1 aromatic carbocycles. The Hall–Kier alpha value is -2.46. The summed E-state index contributed by atoms with van der Waals surface area (Å²) < 4.78 is 69.4. The lowest BCUT2D eigenvalue weighted by molar-refractivity contribution is -0.137. The van der Waals surface area contributed by atoms with Gasteiger partial charge in [0.15, 0.2) is 0 Å². The monoisotopic (exact) mass is 530 g/mol. The third-order valence-electron chi connectivity index (χ3n) is 6.90. The number of carbonyl (C=O) groups is 1. The SMILES string of the molecule is Cc1cc(C(F)(F)F)cc(N2[C@@H]3CC[C@@H](C3)[C@H]2C(=O)N(CCCN(C)C)c2cc(Cl)c(F)cc2F)n1. The molecule has 1 saturated carbocycles. The molecule has 196 valence electrons. The Kier molecular flexibility index (Phi) is 7.48. The first-order chi connectivity index (χ1) is 16.9. The van der Waals surface area contributed by atoms with E-state index in [4.69, 9.17) is 11.6 Å². The Morgan fingerprint density at radius 3 is 2.50 bits per heavy atom. The summed E-state index contributed by atoms with van der Waals surface area (Å²) in [6, 6.07) is 2.70. The minimum Gasteiger partial charge on any atom is -0.341 e. The van der Waals surface area contributed by atoms with E-state index < -0.39 is 35.3 Å². The topological polar surface area (TPSA) is 39.7 Å². The van der Waals surface area contributed by atoms with Gasteiger partial charge in [-0.05, 0) is 77.4 Å². The number of alkyl halides is 3. The molecule has 3 atom stereocenters. The number of benzene rings is 1. The molecule has 1 aliphatic carbocycles. The molecular formula is C25H28ClF5N4O. The van der Waals surface area contributed by atoms with Crippen LogP contribution in [-0.2, 0) is 11.0 Å². The van der Waals surface area contributed by atoms with Crippen molar-refractivity contribution in [3.05, 3.63) is 52.2 Å². The zero-order valence-corrected chi connectivity index (χ0v) is 21.0. The van der Waals surface area contributed by atoms with E-state index in [9.17, 15) is 26.7 Å². The van der Waals surface area contributed by atoms with E-state index in [1.165, 1.54) is 11.8 Å². The molecule has 1 saturated heterocycles. The summed E-state index contributed by atoms with van der Waals surface area (Å²) in [5, 5.41) is -0.322. The summed E-state index contributed by atoms with van der Waals surface area (Å²) >= 11 is 5.93. The Morgan fingerprint density at radius 2 is 1.83 bits per heavy atom. The third-order valence-corrected chi connectivity index (χ3v) is 7.19. The number of rotatable bonds is 7. The molecule has 0 spiro atoms. The molecule has 2 fully saturated rings. The number of carbonyl (C=O) groups excluding carboxylic acids is 1. The Morgan fingerprint density at radius 1 is 1.11 bits per heavy atom. The summed E-state index contributed by atoms with van der Waals surface area (Å²) in [7, 11) is 3.72. The van der Waals surface area contributed by atoms with Gasteiger partial charge < -0.3 is 14.7 Å².